The molecule has 1 amide bonds. The maximum Gasteiger partial charge on any atom is 0.437 e. The van der Waals surface area contributed by atoms with E-state index in [1.54, 1.807) is 6.07 Å². The van der Waals surface area contributed by atoms with Crippen LogP contribution in [-0.4, -0.2) is 17.7 Å². The molecule has 5 nitrogen and oxygen atoms in total. The molecule has 0 saturated heterocycles. The largest absolute Gasteiger partial charge is 0.437 e. The fraction of sp³-hybridized carbons (Fsp3) is 0.278. The van der Waals surface area contributed by atoms with Crippen molar-refractivity contribution >= 4 is 43.6 Å². The van der Waals surface area contributed by atoms with E-state index in [0.29, 0.717) is 12.4 Å². The second-order valence-corrected chi connectivity index (χ2v) is 7.63. The summed E-state index contributed by atoms with van der Waals surface area (Å²) in [5, 5.41) is 1.39. The Kier molecular flexibility index (Phi) is 5.36. The zero-order valence-electron chi connectivity index (χ0n) is 13.9. The summed E-state index contributed by atoms with van der Waals surface area (Å²) in [7, 11) is 0. The summed E-state index contributed by atoms with van der Waals surface area (Å²) in [4.78, 5) is 12.6. The molecule has 1 atom stereocenters. The van der Waals surface area contributed by atoms with Crippen LogP contribution in [0.3, 0.4) is 0 Å². The first kappa shape index (κ1) is 18.2. The van der Waals surface area contributed by atoms with Crippen LogP contribution in [0.2, 0.25) is 0 Å². The Morgan fingerprint density at radius 1 is 1.16 bits per heavy atom. The quantitative estimate of drug-likeness (QED) is 0.614. The van der Waals surface area contributed by atoms with Gasteiger partial charge in [-0.3, -0.25) is 5.43 Å². The number of benzene rings is 2. The van der Waals surface area contributed by atoms with Crippen LogP contribution < -0.4 is 10.2 Å². The lowest BCUT2D eigenvalue weighted by Crippen LogP contribution is -2.56. The van der Waals surface area contributed by atoms with E-state index in [4.69, 9.17) is 9.47 Å². The number of hydrogen-bond donors (Lipinski definition) is 1. The van der Waals surface area contributed by atoms with E-state index >= 15 is 0 Å². The Labute approximate surface area is 163 Å². The van der Waals surface area contributed by atoms with Gasteiger partial charge >= 0.3 is 6.09 Å². The molecule has 0 saturated carbocycles. The van der Waals surface area contributed by atoms with Crippen LogP contribution in [0.5, 0.6) is 5.75 Å². The third-order valence-corrected chi connectivity index (χ3v) is 4.94. The van der Waals surface area contributed by atoms with Crippen molar-refractivity contribution < 1.29 is 14.3 Å². The van der Waals surface area contributed by atoms with Crippen molar-refractivity contribution in [3.05, 3.63) is 57.0 Å². The standard InChI is InChI=1S/C18H18Br2N2O3/c1-3-10-24-18(2)15-11-13(20)6-9-16(15)25-17(23)22(18)21-14-7-4-12(19)5-8-14/h4-9,11,21H,3,10H2,1-2H3/t18-/m0/s1. The molecular formula is C18H18Br2N2O3. The number of fused-ring (bicyclic) bond motifs is 1. The molecule has 1 N–H and O–H groups in total. The van der Waals surface area contributed by atoms with Gasteiger partial charge in [0.1, 0.15) is 5.75 Å². The molecular weight excluding hydrogens is 452 g/mol. The number of rotatable bonds is 5. The molecule has 1 heterocycles. The number of carbonyl (C=O) groups excluding carboxylic acids is 1. The zero-order chi connectivity index (χ0) is 18.0. The molecule has 25 heavy (non-hydrogen) atoms. The van der Waals surface area contributed by atoms with Crippen molar-refractivity contribution in [3.8, 4) is 5.75 Å². The van der Waals surface area contributed by atoms with Gasteiger partial charge < -0.3 is 9.47 Å². The summed E-state index contributed by atoms with van der Waals surface area (Å²) in [6.45, 7) is 4.40. The molecule has 0 unspecified atom stereocenters. The van der Waals surface area contributed by atoms with E-state index in [0.717, 1.165) is 26.6 Å². The minimum Gasteiger partial charge on any atom is -0.408 e. The van der Waals surface area contributed by atoms with E-state index < -0.39 is 11.8 Å². The highest BCUT2D eigenvalue weighted by Gasteiger charge is 2.46. The van der Waals surface area contributed by atoms with Crippen LogP contribution in [-0.2, 0) is 10.5 Å². The van der Waals surface area contributed by atoms with Crippen LogP contribution in [0.15, 0.2) is 51.4 Å². The zero-order valence-corrected chi connectivity index (χ0v) is 17.1. The van der Waals surface area contributed by atoms with Gasteiger partial charge in [0.2, 0.25) is 0 Å². The molecule has 0 aromatic heterocycles. The van der Waals surface area contributed by atoms with E-state index in [-0.39, 0.29) is 0 Å². The lowest BCUT2D eigenvalue weighted by molar-refractivity contribution is -0.134. The number of carbonyl (C=O) groups is 1. The fourth-order valence-electron chi connectivity index (χ4n) is 2.64. The van der Waals surface area contributed by atoms with Crippen LogP contribution >= 0.6 is 31.9 Å². The molecule has 7 heteroatoms. The predicted molar refractivity (Wildman–Crippen MR) is 103 cm³/mol. The van der Waals surface area contributed by atoms with Gasteiger partial charge in [-0.15, -0.1) is 0 Å². The van der Waals surface area contributed by atoms with Crippen molar-refractivity contribution in [1.29, 1.82) is 0 Å². The number of halogens is 2. The monoisotopic (exact) mass is 468 g/mol. The van der Waals surface area contributed by atoms with Gasteiger partial charge in [-0.05, 0) is 55.8 Å². The van der Waals surface area contributed by atoms with E-state index in [9.17, 15) is 4.79 Å². The average molecular weight is 470 g/mol. The molecule has 2 aromatic carbocycles. The highest BCUT2D eigenvalue weighted by Crippen LogP contribution is 2.42. The van der Waals surface area contributed by atoms with Crippen molar-refractivity contribution in [1.82, 2.24) is 5.01 Å². The smallest absolute Gasteiger partial charge is 0.408 e. The number of anilines is 1. The number of hydrogen-bond acceptors (Lipinski definition) is 4. The molecule has 0 bridgehead atoms. The molecule has 0 spiro atoms. The summed E-state index contributed by atoms with van der Waals surface area (Å²) in [6.07, 6.45) is 0.316. The molecule has 3 rings (SSSR count). The molecule has 0 radical (unpaired) electrons. The number of nitrogens with zero attached hydrogens (tertiary/aromatic N) is 1. The van der Waals surface area contributed by atoms with Crippen LogP contribution in [0.4, 0.5) is 10.5 Å². The predicted octanol–water partition coefficient (Wildman–Crippen LogP) is 5.65. The molecule has 0 aliphatic carbocycles. The first-order chi connectivity index (χ1) is 11.9. The lowest BCUT2D eigenvalue weighted by Gasteiger charge is -2.44. The van der Waals surface area contributed by atoms with Crippen molar-refractivity contribution in [2.75, 3.05) is 12.0 Å². The Morgan fingerprint density at radius 3 is 2.52 bits per heavy atom. The van der Waals surface area contributed by atoms with Crippen LogP contribution in [0.1, 0.15) is 25.8 Å². The summed E-state index contributed by atoms with van der Waals surface area (Å²) in [6, 6.07) is 13.0. The van der Waals surface area contributed by atoms with Crippen molar-refractivity contribution in [2.45, 2.75) is 26.0 Å². The maximum absolute atomic E-state index is 12.6. The van der Waals surface area contributed by atoms with Gasteiger partial charge in [0, 0.05) is 15.6 Å². The lowest BCUT2D eigenvalue weighted by atomic mass is 10.0. The summed E-state index contributed by atoms with van der Waals surface area (Å²) >= 11 is 6.89. The Bertz CT molecular complexity index is 782. The van der Waals surface area contributed by atoms with Gasteiger partial charge in [-0.25, -0.2) is 4.79 Å². The SMILES string of the molecule is CCCO[C@@]1(C)c2cc(Br)ccc2OC(=O)N1Nc1ccc(Br)cc1. The fourth-order valence-corrected chi connectivity index (χ4v) is 3.26. The third-order valence-electron chi connectivity index (χ3n) is 3.92. The number of ether oxygens (including phenoxy) is 2. The van der Waals surface area contributed by atoms with E-state index in [2.05, 4.69) is 37.3 Å². The Morgan fingerprint density at radius 2 is 1.84 bits per heavy atom. The van der Waals surface area contributed by atoms with E-state index in [1.165, 1.54) is 5.01 Å². The normalized spacial score (nSPS) is 19.4. The molecule has 1 aliphatic rings. The molecule has 132 valence electrons. The average Bonchev–Trinajstić information content (AvgIpc) is 2.59. The van der Waals surface area contributed by atoms with Gasteiger partial charge in [-0.1, -0.05) is 38.8 Å². The topological polar surface area (TPSA) is 50.8 Å². The maximum atomic E-state index is 12.6. The van der Waals surface area contributed by atoms with Gasteiger partial charge in [0.15, 0.2) is 5.72 Å². The molecule has 0 fully saturated rings. The van der Waals surface area contributed by atoms with Gasteiger partial charge in [0.05, 0.1) is 11.3 Å². The third kappa shape index (κ3) is 3.68. The highest BCUT2D eigenvalue weighted by molar-refractivity contribution is 9.10. The van der Waals surface area contributed by atoms with Gasteiger partial charge in [0.25, 0.3) is 0 Å². The summed E-state index contributed by atoms with van der Waals surface area (Å²) in [5.74, 6) is 0.501. The number of hydrazine groups is 1. The van der Waals surface area contributed by atoms with E-state index in [1.807, 2.05) is 50.2 Å². The highest BCUT2D eigenvalue weighted by atomic mass is 79.9. The summed E-state index contributed by atoms with van der Waals surface area (Å²) < 4.78 is 13.4. The Balaban J connectivity index is 2.02. The van der Waals surface area contributed by atoms with Crippen LogP contribution in [0, 0.1) is 0 Å². The van der Waals surface area contributed by atoms with Crippen molar-refractivity contribution in [3.63, 3.8) is 0 Å². The van der Waals surface area contributed by atoms with Crippen LogP contribution in [0.25, 0.3) is 0 Å². The number of nitrogens with one attached hydrogen (secondary N) is 1. The first-order valence-corrected chi connectivity index (χ1v) is 9.51. The second kappa shape index (κ2) is 7.35. The second-order valence-electron chi connectivity index (χ2n) is 5.79. The summed E-state index contributed by atoms with van der Waals surface area (Å²) in [5.41, 5.74) is 3.64. The number of amides is 1. The molecule has 1 aliphatic heterocycles. The Hall–Kier alpha value is -1.57. The van der Waals surface area contributed by atoms with Crippen molar-refractivity contribution in [2.24, 2.45) is 0 Å². The minimum absolute atomic E-state index is 0.501. The first-order valence-electron chi connectivity index (χ1n) is 7.92. The minimum atomic E-state index is -1.00. The van der Waals surface area contributed by atoms with Gasteiger partial charge in [-0.2, -0.15) is 5.01 Å². The molecule has 2 aromatic rings.